The predicted octanol–water partition coefficient (Wildman–Crippen LogP) is 1.58. The molecule has 0 N–H and O–H groups in total. The van der Waals surface area contributed by atoms with Crippen LogP contribution in [-0.2, 0) is 0 Å². The van der Waals surface area contributed by atoms with E-state index in [1.165, 1.54) is 6.92 Å². The van der Waals surface area contributed by atoms with Crippen molar-refractivity contribution < 1.29 is 4.92 Å². The zero-order valence-electron chi connectivity index (χ0n) is 5.05. The van der Waals surface area contributed by atoms with E-state index in [2.05, 4.69) is 0 Å². The lowest BCUT2D eigenvalue weighted by atomic mass is 10.4. The molecule has 0 atom stereocenters. The largest absolute Gasteiger partial charge is 0.259 e. The molecular formula is C5H9NO2. The van der Waals surface area contributed by atoms with Gasteiger partial charge in [-0.3, -0.25) is 10.1 Å². The summed E-state index contributed by atoms with van der Waals surface area (Å²) in [5.74, 6) is 0. The number of hydrogen-bond acceptors (Lipinski definition) is 2. The monoisotopic (exact) mass is 115 g/mol. The van der Waals surface area contributed by atoms with Gasteiger partial charge in [0.25, 0.3) is 0 Å². The van der Waals surface area contributed by atoms with Crippen LogP contribution in [0.5, 0.6) is 0 Å². The highest BCUT2D eigenvalue weighted by atomic mass is 16.6. The van der Waals surface area contributed by atoms with Crippen molar-refractivity contribution in [3.63, 3.8) is 0 Å². The number of nitro groups is 1. The van der Waals surface area contributed by atoms with Gasteiger partial charge in [0.1, 0.15) is 0 Å². The van der Waals surface area contributed by atoms with Gasteiger partial charge in [0.15, 0.2) is 0 Å². The van der Waals surface area contributed by atoms with Crippen molar-refractivity contribution in [3.05, 3.63) is 21.9 Å². The number of nitrogens with zero attached hydrogens (tertiary/aromatic N) is 1. The van der Waals surface area contributed by atoms with Crippen LogP contribution < -0.4 is 0 Å². The van der Waals surface area contributed by atoms with Crippen LogP contribution in [0, 0.1) is 10.1 Å². The molecule has 8 heavy (non-hydrogen) atoms. The fourth-order valence-electron chi connectivity index (χ4n) is 0.370. The molecule has 0 heterocycles. The first-order valence-corrected chi connectivity index (χ1v) is 2.49. The lowest BCUT2D eigenvalue weighted by molar-refractivity contribution is -0.424. The van der Waals surface area contributed by atoms with Crippen molar-refractivity contribution in [3.8, 4) is 0 Å². The Hall–Kier alpha value is -0.860. The van der Waals surface area contributed by atoms with E-state index in [1.807, 2.05) is 6.92 Å². The highest BCUT2D eigenvalue weighted by molar-refractivity contribution is 4.84. The molecule has 0 bridgehead atoms. The maximum Gasteiger partial charge on any atom is 0.239 e. The Labute approximate surface area is 48.2 Å². The second kappa shape index (κ2) is 3.18. The molecule has 0 amide bonds. The van der Waals surface area contributed by atoms with Gasteiger partial charge in [0.05, 0.1) is 4.92 Å². The van der Waals surface area contributed by atoms with Gasteiger partial charge >= 0.3 is 0 Å². The summed E-state index contributed by atoms with van der Waals surface area (Å²) in [6.45, 7) is 3.36. The number of allylic oxidation sites excluding steroid dienone is 2. The third-order valence-corrected chi connectivity index (χ3v) is 0.788. The smallest absolute Gasteiger partial charge is 0.239 e. The predicted molar refractivity (Wildman–Crippen MR) is 31.0 cm³/mol. The van der Waals surface area contributed by atoms with Crippen LogP contribution in [0.3, 0.4) is 0 Å². The van der Waals surface area contributed by atoms with Crippen LogP contribution in [0.2, 0.25) is 0 Å². The minimum absolute atomic E-state index is 0.229. The fourth-order valence-corrected chi connectivity index (χ4v) is 0.370. The minimum atomic E-state index is -0.385. The number of rotatable bonds is 2. The molecule has 0 saturated heterocycles. The van der Waals surface area contributed by atoms with Crippen molar-refractivity contribution in [1.82, 2.24) is 0 Å². The maximum atomic E-state index is 9.83. The standard InChI is InChI=1S/C5H9NO2/c1-3-4-5(2)6(7)8/h4H,3H2,1-2H3/b5-4+. The second-order valence-corrected chi connectivity index (χ2v) is 1.51. The zero-order valence-corrected chi connectivity index (χ0v) is 5.05. The van der Waals surface area contributed by atoms with Crippen LogP contribution in [0.1, 0.15) is 20.3 Å². The molecule has 0 aliphatic carbocycles. The van der Waals surface area contributed by atoms with Crippen molar-refractivity contribution in [2.24, 2.45) is 0 Å². The third kappa shape index (κ3) is 2.34. The first-order chi connectivity index (χ1) is 3.68. The second-order valence-electron chi connectivity index (χ2n) is 1.51. The van der Waals surface area contributed by atoms with Crippen molar-refractivity contribution >= 4 is 0 Å². The Balaban J connectivity index is 3.80. The molecule has 0 unspecified atom stereocenters. The summed E-state index contributed by atoms with van der Waals surface area (Å²) in [7, 11) is 0. The molecule has 0 aromatic heterocycles. The molecule has 0 aliphatic heterocycles. The first kappa shape index (κ1) is 7.14. The molecule has 0 spiro atoms. The Morgan fingerprint density at radius 3 is 2.50 bits per heavy atom. The Bertz CT molecular complexity index is 118. The summed E-state index contributed by atoms with van der Waals surface area (Å²) >= 11 is 0. The average Bonchev–Trinajstić information content (AvgIpc) is 1.67. The van der Waals surface area contributed by atoms with E-state index in [-0.39, 0.29) is 10.6 Å². The van der Waals surface area contributed by atoms with Crippen molar-refractivity contribution in [2.45, 2.75) is 20.3 Å². The van der Waals surface area contributed by atoms with Gasteiger partial charge in [-0.25, -0.2) is 0 Å². The van der Waals surface area contributed by atoms with Gasteiger partial charge in [-0.2, -0.15) is 0 Å². The van der Waals surface area contributed by atoms with Crippen LogP contribution in [0.25, 0.3) is 0 Å². The molecular weight excluding hydrogens is 106 g/mol. The highest BCUT2D eigenvalue weighted by Crippen LogP contribution is 1.93. The molecule has 0 aliphatic rings. The normalized spacial score (nSPS) is 11.5. The van der Waals surface area contributed by atoms with Gasteiger partial charge < -0.3 is 0 Å². The molecule has 0 radical (unpaired) electrons. The first-order valence-electron chi connectivity index (χ1n) is 2.49. The van der Waals surface area contributed by atoms with Crippen molar-refractivity contribution in [2.75, 3.05) is 0 Å². The third-order valence-electron chi connectivity index (χ3n) is 0.788. The van der Waals surface area contributed by atoms with E-state index in [4.69, 9.17) is 0 Å². The zero-order chi connectivity index (χ0) is 6.57. The Kier molecular flexibility index (Phi) is 2.84. The van der Waals surface area contributed by atoms with Crippen LogP contribution >= 0.6 is 0 Å². The van der Waals surface area contributed by atoms with Gasteiger partial charge in [0, 0.05) is 6.92 Å². The van der Waals surface area contributed by atoms with Gasteiger partial charge in [-0.1, -0.05) is 6.92 Å². The summed E-state index contributed by atoms with van der Waals surface area (Å²) in [5.41, 5.74) is 0.229. The molecule has 3 heteroatoms. The topological polar surface area (TPSA) is 43.1 Å². The van der Waals surface area contributed by atoms with Crippen LogP contribution in [-0.4, -0.2) is 4.92 Å². The minimum Gasteiger partial charge on any atom is -0.259 e. The number of hydrogen-bond donors (Lipinski definition) is 0. The molecule has 0 aromatic carbocycles. The average molecular weight is 115 g/mol. The van der Waals surface area contributed by atoms with E-state index in [9.17, 15) is 10.1 Å². The summed E-state index contributed by atoms with van der Waals surface area (Å²) in [4.78, 5) is 9.44. The quantitative estimate of drug-likeness (QED) is 0.405. The molecule has 0 aromatic rings. The molecule has 46 valence electrons. The van der Waals surface area contributed by atoms with Gasteiger partial charge in [-0.15, -0.1) is 0 Å². The van der Waals surface area contributed by atoms with Gasteiger partial charge in [0.2, 0.25) is 5.70 Å². The van der Waals surface area contributed by atoms with Crippen molar-refractivity contribution in [1.29, 1.82) is 0 Å². The van der Waals surface area contributed by atoms with Crippen LogP contribution in [0.15, 0.2) is 11.8 Å². The maximum absolute atomic E-state index is 9.83. The van der Waals surface area contributed by atoms with E-state index < -0.39 is 0 Å². The Morgan fingerprint density at radius 1 is 1.88 bits per heavy atom. The summed E-state index contributed by atoms with van der Waals surface area (Å²) in [6.07, 6.45) is 2.31. The Morgan fingerprint density at radius 2 is 2.38 bits per heavy atom. The van der Waals surface area contributed by atoms with E-state index in [0.29, 0.717) is 0 Å². The van der Waals surface area contributed by atoms with Gasteiger partial charge in [-0.05, 0) is 12.5 Å². The van der Waals surface area contributed by atoms with E-state index >= 15 is 0 Å². The SMILES string of the molecule is CC/C=C(\C)[N+](=O)[O-]. The van der Waals surface area contributed by atoms with E-state index in [0.717, 1.165) is 6.42 Å². The molecule has 0 rings (SSSR count). The molecule has 3 nitrogen and oxygen atoms in total. The van der Waals surface area contributed by atoms with Crippen LogP contribution in [0.4, 0.5) is 0 Å². The molecule has 0 fully saturated rings. The lowest BCUT2D eigenvalue weighted by Gasteiger charge is -1.84. The summed E-state index contributed by atoms with van der Waals surface area (Å²) < 4.78 is 0. The fraction of sp³-hybridized carbons (Fsp3) is 0.600. The van der Waals surface area contributed by atoms with E-state index in [1.54, 1.807) is 6.08 Å². The summed E-state index contributed by atoms with van der Waals surface area (Å²) in [5, 5.41) is 9.83. The highest BCUT2D eigenvalue weighted by Gasteiger charge is 1.96. The molecule has 0 saturated carbocycles. The summed E-state index contributed by atoms with van der Waals surface area (Å²) in [6, 6.07) is 0. The lowest BCUT2D eigenvalue weighted by Crippen LogP contribution is -1.92.